The molecule has 11 heteroatoms. The zero-order valence-electron chi connectivity index (χ0n) is 21.8. The Morgan fingerprint density at radius 2 is 1.69 bits per heavy atom. The highest BCUT2D eigenvalue weighted by atomic mass is 16.9. The summed E-state index contributed by atoms with van der Waals surface area (Å²) < 4.78 is 28.1. The number of nitrogens with zero attached hydrogens (tertiary/aromatic N) is 1. The lowest BCUT2D eigenvalue weighted by molar-refractivity contribution is -0.763. The van der Waals surface area contributed by atoms with Crippen LogP contribution in [0.4, 0.5) is 0 Å². The molecule has 0 aliphatic heterocycles. The Kier molecular flexibility index (Phi) is 8.18. The van der Waals surface area contributed by atoms with Crippen molar-refractivity contribution in [2.24, 2.45) is 0 Å². The predicted molar refractivity (Wildman–Crippen MR) is 139 cm³/mol. The molecule has 0 heterocycles. The lowest BCUT2D eigenvalue weighted by Crippen LogP contribution is -2.14. The summed E-state index contributed by atoms with van der Waals surface area (Å²) in [6.07, 6.45) is -0.00452. The first-order valence-electron chi connectivity index (χ1n) is 11.9. The molecule has 0 spiro atoms. The molecule has 0 aromatic heterocycles. The fourth-order valence-electron chi connectivity index (χ4n) is 4.67. The third-order valence-electron chi connectivity index (χ3n) is 6.41. The summed E-state index contributed by atoms with van der Waals surface area (Å²) >= 11 is 0. The average molecular weight is 538 g/mol. The molecule has 3 aromatic rings. The minimum absolute atomic E-state index is 0.118. The van der Waals surface area contributed by atoms with Crippen molar-refractivity contribution >= 4 is 5.97 Å². The van der Waals surface area contributed by atoms with E-state index in [9.17, 15) is 19.7 Å². The number of hydrogen-bond acceptors (Lipinski definition) is 10. The first kappa shape index (κ1) is 27.2. The van der Waals surface area contributed by atoms with E-state index in [2.05, 4.69) is 4.84 Å². The van der Waals surface area contributed by atoms with Gasteiger partial charge in [-0.25, -0.2) is 4.79 Å². The van der Waals surface area contributed by atoms with E-state index in [1.165, 1.54) is 46.6 Å². The van der Waals surface area contributed by atoms with Crippen LogP contribution in [0.1, 0.15) is 39.6 Å². The van der Waals surface area contributed by atoms with E-state index in [0.717, 1.165) is 5.56 Å². The topological polar surface area (TPSA) is 133 Å². The molecule has 39 heavy (non-hydrogen) atoms. The number of rotatable bonds is 9. The van der Waals surface area contributed by atoms with Gasteiger partial charge >= 0.3 is 5.97 Å². The largest absolute Gasteiger partial charge is 0.493 e. The lowest BCUT2D eigenvalue weighted by Gasteiger charge is -2.19. The number of aryl methyl sites for hydroxylation is 1. The van der Waals surface area contributed by atoms with Crippen molar-refractivity contribution in [3.05, 3.63) is 91.1 Å². The van der Waals surface area contributed by atoms with Crippen LogP contribution in [-0.4, -0.2) is 39.5 Å². The average Bonchev–Trinajstić information content (AvgIpc) is 3.19. The zero-order valence-corrected chi connectivity index (χ0v) is 21.8. The number of fused-ring (bicyclic) bond motifs is 3. The molecule has 0 N–H and O–H groups in total. The Labute approximate surface area is 223 Å². The summed E-state index contributed by atoms with van der Waals surface area (Å²) in [5.74, 6) is 0.729. The molecular formula is C28H27NO10. The smallest absolute Gasteiger partial charge is 0.338 e. The molecule has 0 bridgehead atoms. The van der Waals surface area contributed by atoms with Crippen LogP contribution in [0.3, 0.4) is 0 Å². The summed E-state index contributed by atoms with van der Waals surface area (Å²) in [7, 11) is 5.94. The highest BCUT2D eigenvalue weighted by Crippen LogP contribution is 2.50. The molecule has 0 fully saturated rings. The van der Waals surface area contributed by atoms with Crippen molar-refractivity contribution in [2.75, 3.05) is 28.4 Å². The molecule has 3 aromatic carbocycles. The van der Waals surface area contributed by atoms with Gasteiger partial charge in [-0.05, 0) is 65.9 Å². The van der Waals surface area contributed by atoms with Crippen LogP contribution in [0.15, 0.2) is 53.3 Å². The van der Waals surface area contributed by atoms with Gasteiger partial charge in [-0.15, -0.1) is 10.1 Å². The Hall–Kier alpha value is -4.80. The van der Waals surface area contributed by atoms with Gasteiger partial charge in [0.1, 0.15) is 12.7 Å². The maximum atomic E-state index is 13.2. The lowest BCUT2D eigenvalue weighted by atomic mass is 9.96. The first-order valence-corrected chi connectivity index (χ1v) is 11.9. The van der Waals surface area contributed by atoms with Gasteiger partial charge in [0, 0.05) is 11.1 Å². The molecule has 1 atom stereocenters. The van der Waals surface area contributed by atoms with Crippen molar-refractivity contribution < 1.29 is 38.4 Å². The van der Waals surface area contributed by atoms with Gasteiger partial charge in [-0.1, -0.05) is 12.1 Å². The molecule has 0 amide bonds. The third kappa shape index (κ3) is 5.57. The van der Waals surface area contributed by atoms with Crippen LogP contribution in [0, 0.1) is 10.1 Å². The third-order valence-corrected chi connectivity index (χ3v) is 6.41. The highest BCUT2D eigenvalue weighted by molar-refractivity contribution is 5.90. The number of hydrogen-bond donors (Lipinski definition) is 0. The van der Waals surface area contributed by atoms with E-state index in [0.29, 0.717) is 52.3 Å². The van der Waals surface area contributed by atoms with Crippen LogP contribution in [-0.2, 0) is 22.6 Å². The monoisotopic (exact) mass is 537 g/mol. The van der Waals surface area contributed by atoms with Crippen LogP contribution in [0.25, 0.3) is 11.1 Å². The summed E-state index contributed by atoms with van der Waals surface area (Å²) in [5.41, 5.74) is 2.82. The van der Waals surface area contributed by atoms with E-state index < -0.39 is 17.2 Å². The number of esters is 1. The SMILES string of the molecule is COc1cc2c(c(OC)c1OC)-c1ccc(OC)c(=O)cc1C(OC(=O)c1cccc(CO[N+](=O)[O-])c1)CC2. The number of ether oxygens (including phenoxy) is 5. The van der Waals surface area contributed by atoms with E-state index >= 15 is 0 Å². The molecule has 1 aliphatic carbocycles. The Morgan fingerprint density at radius 1 is 0.949 bits per heavy atom. The van der Waals surface area contributed by atoms with Crippen LogP contribution < -0.4 is 24.4 Å². The fraction of sp³-hybridized carbons (Fsp3) is 0.286. The van der Waals surface area contributed by atoms with Crippen molar-refractivity contribution in [1.82, 2.24) is 0 Å². The molecule has 1 aliphatic rings. The second-order valence-corrected chi connectivity index (χ2v) is 8.59. The van der Waals surface area contributed by atoms with E-state index in [4.69, 9.17) is 23.7 Å². The number of benzene rings is 2. The summed E-state index contributed by atoms with van der Waals surface area (Å²) in [5, 5.41) is 9.65. The second kappa shape index (κ2) is 11.7. The second-order valence-electron chi connectivity index (χ2n) is 8.59. The van der Waals surface area contributed by atoms with Gasteiger partial charge in [-0.2, -0.15) is 0 Å². The fourth-order valence-corrected chi connectivity index (χ4v) is 4.67. The van der Waals surface area contributed by atoms with Crippen molar-refractivity contribution in [2.45, 2.75) is 25.6 Å². The zero-order chi connectivity index (χ0) is 28.1. The molecule has 11 nitrogen and oxygen atoms in total. The Bertz CT molecular complexity index is 1470. The molecule has 1 unspecified atom stereocenters. The number of carbonyl (C=O) groups is 1. The highest BCUT2D eigenvalue weighted by Gasteiger charge is 2.31. The van der Waals surface area contributed by atoms with Gasteiger partial charge in [-0.3, -0.25) is 4.79 Å². The molecular weight excluding hydrogens is 510 g/mol. The Balaban J connectivity index is 1.83. The minimum Gasteiger partial charge on any atom is -0.493 e. The molecule has 0 radical (unpaired) electrons. The molecule has 204 valence electrons. The maximum Gasteiger partial charge on any atom is 0.338 e. The van der Waals surface area contributed by atoms with E-state index in [-0.39, 0.29) is 23.3 Å². The minimum atomic E-state index is -0.905. The van der Waals surface area contributed by atoms with Crippen molar-refractivity contribution in [3.8, 4) is 34.1 Å². The van der Waals surface area contributed by atoms with Crippen LogP contribution in [0.2, 0.25) is 0 Å². The standard InChI is InChI=1S/C28H27NO10/c1-34-23-11-9-19-20(14-21(23)30)22(39-28(31)18-7-5-6-16(12-18)15-38-29(32)33)10-8-17-13-24(35-2)26(36-3)27(37-4)25(17)19/h5-7,9,11-14,22H,8,10,15H2,1-4H3. The normalized spacial score (nSPS) is 13.7. The van der Waals surface area contributed by atoms with Gasteiger partial charge in [0.2, 0.25) is 11.2 Å². The van der Waals surface area contributed by atoms with Gasteiger partial charge in [0.05, 0.1) is 34.0 Å². The predicted octanol–water partition coefficient (Wildman–Crippen LogP) is 4.30. The van der Waals surface area contributed by atoms with Crippen LogP contribution in [0.5, 0.6) is 23.0 Å². The van der Waals surface area contributed by atoms with Gasteiger partial charge in [0.15, 0.2) is 17.2 Å². The van der Waals surface area contributed by atoms with Gasteiger partial charge in [0.25, 0.3) is 5.09 Å². The molecule has 0 saturated carbocycles. The maximum absolute atomic E-state index is 13.2. The number of methoxy groups -OCH3 is 4. The van der Waals surface area contributed by atoms with E-state index in [1.54, 1.807) is 24.3 Å². The van der Waals surface area contributed by atoms with Crippen LogP contribution >= 0.6 is 0 Å². The first-order chi connectivity index (χ1) is 18.8. The molecule has 4 rings (SSSR count). The quantitative estimate of drug-likeness (QED) is 0.221. The summed E-state index contributed by atoms with van der Waals surface area (Å²) in [6.45, 7) is -0.311. The Morgan fingerprint density at radius 3 is 2.36 bits per heavy atom. The van der Waals surface area contributed by atoms with Crippen molar-refractivity contribution in [1.29, 1.82) is 0 Å². The molecule has 0 saturated heterocycles. The van der Waals surface area contributed by atoms with Crippen molar-refractivity contribution in [3.63, 3.8) is 0 Å². The number of carbonyl (C=O) groups excluding carboxylic acids is 1. The van der Waals surface area contributed by atoms with Gasteiger partial charge < -0.3 is 28.5 Å². The van der Waals surface area contributed by atoms with E-state index in [1.807, 2.05) is 6.07 Å². The summed E-state index contributed by atoms with van der Waals surface area (Å²) in [6, 6.07) is 12.7. The summed E-state index contributed by atoms with van der Waals surface area (Å²) in [4.78, 5) is 41.2.